The van der Waals surface area contributed by atoms with E-state index in [1.165, 1.54) is 0 Å². The first-order valence-electron chi connectivity index (χ1n) is 6.22. The zero-order valence-corrected chi connectivity index (χ0v) is 12.5. The van der Waals surface area contributed by atoms with Gasteiger partial charge in [-0.1, -0.05) is 54.2 Å². The van der Waals surface area contributed by atoms with Crippen molar-refractivity contribution in [3.05, 3.63) is 12.7 Å². The molecule has 0 saturated heterocycles. The molecular formula is C15H28O2. The summed E-state index contributed by atoms with van der Waals surface area (Å²) in [5.41, 5.74) is -0.512. The molecule has 2 nitrogen and oxygen atoms in total. The fraction of sp³-hybridized carbons (Fsp3) is 0.800. The largest absolute Gasteiger partial charge is 0.461 e. The summed E-state index contributed by atoms with van der Waals surface area (Å²) in [4.78, 5) is 12.3. The lowest BCUT2D eigenvalue weighted by atomic mass is 9.61. The van der Waals surface area contributed by atoms with Crippen LogP contribution in [0.15, 0.2) is 12.7 Å². The van der Waals surface area contributed by atoms with Gasteiger partial charge in [0, 0.05) is 0 Å². The van der Waals surface area contributed by atoms with Crippen LogP contribution in [-0.4, -0.2) is 12.6 Å². The SMILES string of the molecule is C=CCOC(=O)C(C)(CC(C)(C)C)C(C)(C)C. The summed E-state index contributed by atoms with van der Waals surface area (Å²) in [5.74, 6) is -0.125. The first kappa shape index (κ1) is 16.2. The van der Waals surface area contributed by atoms with E-state index in [-0.39, 0.29) is 23.4 Å². The Labute approximate surface area is 106 Å². The summed E-state index contributed by atoms with van der Waals surface area (Å²) >= 11 is 0. The number of carbonyl (C=O) groups excluding carboxylic acids is 1. The molecule has 0 bridgehead atoms. The van der Waals surface area contributed by atoms with Crippen molar-refractivity contribution in [1.29, 1.82) is 0 Å². The summed E-state index contributed by atoms with van der Waals surface area (Å²) in [5, 5.41) is 0. The lowest BCUT2D eigenvalue weighted by Gasteiger charge is -2.43. The van der Waals surface area contributed by atoms with Gasteiger partial charge in [-0.05, 0) is 24.2 Å². The highest BCUT2D eigenvalue weighted by molar-refractivity contribution is 5.77. The highest BCUT2D eigenvalue weighted by atomic mass is 16.5. The molecule has 17 heavy (non-hydrogen) atoms. The smallest absolute Gasteiger partial charge is 0.312 e. The number of rotatable bonds is 4. The normalized spacial score (nSPS) is 16.2. The lowest BCUT2D eigenvalue weighted by Crippen LogP contribution is -2.44. The highest BCUT2D eigenvalue weighted by Crippen LogP contribution is 2.47. The Kier molecular flexibility index (Phi) is 5.00. The summed E-state index contributed by atoms with van der Waals surface area (Å²) in [6.45, 7) is 18.6. The minimum Gasteiger partial charge on any atom is -0.461 e. The van der Waals surface area contributed by atoms with E-state index in [0.717, 1.165) is 6.42 Å². The third kappa shape index (κ3) is 4.53. The van der Waals surface area contributed by atoms with Crippen LogP contribution < -0.4 is 0 Å². The van der Waals surface area contributed by atoms with Crippen molar-refractivity contribution in [3.8, 4) is 0 Å². The Morgan fingerprint density at radius 3 is 1.88 bits per heavy atom. The molecule has 2 heteroatoms. The van der Waals surface area contributed by atoms with Gasteiger partial charge in [-0.25, -0.2) is 0 Å². The number of hydrogen-bond donors (Lipinski definition) is 0. The van der Waals surface area contributed by atoms with Crippen LogP contribution in [0.5, 0.6) is 0 Å². The van der Waals surface area contributed by atoms with Crippen LogP contribution in [0.4, 0.5) is 0 Å². The number of ether oxygens (including phenoxy) is 1. The maximum absolute atomic E-state index is 12.3. The van der Waals surface area contributed by atoms with Crippen LogP contribution >= 0.6 is 0 Å². The molecule has 0 spiro atoms. The van der Waals surface area contributed by atoms with E-state index in [1.54, 1.807) is 6.08 Å². The lowest BCUT2D eigenvalue weighted by molar-refractivity contribution is -0.163. The molecule has 0 aromatic heterocycles. The Hall–Kier alpha value is -0.790. The van der Waals surface area contributed by atoms with E-state index < -0.39 is 5.41 Å². The van der Waals surface area contributed by atoms with Gasteiger partial charge in [0.1, 0.15) is 6.61 Å². The van der Waals surface area contributed by atoms with Crippen LogP contribution in [0, 0.1) is 16.2 Å². The Balaban J connectivity index is 5.12. The standard InChI is InChI=1S/C15H28O2/c1-9-10-17-12(16)15(8,14(5,6)7)11-13(2,3)4/h9H,1,10-11H2,2-8H3. The zero-order valence-electron chi connectivity index (χ0n) is 12.5. The van der Waals surface area contributed by atoms with E-state index in [2.05, 4.69) is 48.1 Å². The Morgan fingerprint density at radius 2 is 1.59 bits per heavy atom. The molecule has 100 valence electrons. The molecule has 0 rings (SSSR count). The maximum Gasteiger partial charge on any atom is 0.312 e. The van der Waals surface area contributed by atoms with Crippen molar-refractivity contribution < 1.29 is 9.53 Å². The van der Waals surface area contributed by atoms with Gasteiger partial charge >= 0.3 is 5.97 Å². The molecule has 0 aromatic carbocycles. The summed E-state index contributed by atoms with van der Waals surface area (Å²) < 4.78 is 5.27. The van der Waals surface area contributed by atoms with Crippen molar-refractivity contribution in [1.82, 2.24) is 0 Å². The van der Waals surface area contributed by atoms with E-state index in [0.29, 0.717) is 0 Å². The van der Waals surface area contributed by atoms with Gasteiger partial charge in [0.25, 0.3) is 0 Å². The molecule has 1 atom stereocenters. The van der Waals surface area contributed by atoms with Crippen LogP contribution in [0.2, 0.25) is 0 Å². The fourth-order valence-corrected chi connectivity index (χ4v) is 2.00. The number of esters is 1. The molecule has 0 aliphatic rings. The topological polar surface area (TPSA) is 26.3 Å². The summed E-state index contributed by atoms with van der Waals surface area (Å²) in [7, 11) is 0. The van der Waals surface area contributed by atoms with Gasteiger partial charge in [0.2, 0.25) is 0 Å². The van der Waals surface area contributed by atoms with Gasteiger partial charge < -0.3 is 4.74 Å². The number of hydrogen-bond acceptors (Lipinski definition) is 2. The van der Waals surface area contributed by atoms with Crippen molar-refractivity contribution in [2.45, 2.75) is 54.9 Å². The van der Waals surface area contributed by atoms with Crippen molar-refractivity contribution in [3.63, 3.8) is 0 Å². The first-order valence-corrected chi connectivity index (χ1v) is 6.22. The summed E-state index contributed by atoms with van der Waals surface area (Å²) in [6, 6.07) is 0. The second-order valence-electron chi connectivity index (χ2n) is 7.21. The number of carbonyl (C=O) groups is 1. The van der Waals surface area contributed by atoms with Crippen molar-refractivity contribution in [2.75, 3.05) is 6.61 Å². The van der Waals surface area contributed by atoms with Crippen molar-refractivity contribution >= 4 is 5.97 Å². The van der Waals surface area contributed by atoms with Gasteiger partial charge in [0.05, 0.1) is 5.41 Å². The molecule has 0 saturated carbocycles. The van der Waals surface area contributed by atoms with E-state index in [9.17, 15) is 4.79 Å². The summed E-state index contributed by atoms with van der Waals surface area (Å²) in [6.07, 6.45) is 2.41. The third-order valence-corrected chi connectivity index (χ3v) is 3.32. The minimum atomic E-state index is -0.478. The van der Waals surface area contributed by atoms with E-state index >= 15 is 0 Å². The average Bonchev–Trinajstić information content (AvgIpc) is 2.09. The molecule has 0 N–H and O–H groups in total. The quantitative estimate of drug-likeness (QED) is 0.543. The molecule has 0 aliphatic carbocycles. The zero-order chi connectivity index (χ0) is 13.9. The van der Waals surface area contributed by atoms with Gasteiger partial charge in [-0.3, -0.25) is 4.79 Å². The fourth-order valence-electron chi connectivity index (χ4n) is 2.00. The van der Waals surface area contributed by atoms with Gasteiger partial charge in [-0.15, -0.1) is 0 Å². The van der Waals surface area contributed by atoms with Crippen molar-refractivity contribution in [2.24, 2.45) is 16.2 Å². The molecule has 0 aromatic rings. The molecule has 0 radical (unpaired) electrons. The van der Waals surface area contributed by atoms with E-state index in [4.69, 9.17) is 4.74 Å². The Bertz CT molecular complexity index is 278. The predicted octanol–water partition coefficient (Wildman–Crippen LogP) is 4.20. The minimum absolute atomic E-state index is 0.0925. The highest BCUT2D eigenvalue weighted by Gasteiger charge is 2.47. The van der Waals surface area contributed by atoms with Crippen LogP contribution in [0.25, 0.3) is 0 Å². The van der Waals surface area contributed by atoms with Gasteiger partial charge in [0.15, 0.2) is 0 Å². The van der Waals surface area contributed by atoms with Gasteiger partial charge in [-0.2, -0.15) is 0 Å². The monoisotopic (exact) mass is 240 g/mol. The molecule has 0 fully saturated rings. The van der Waals surface area contributed by atoms with Crippen LogP contribution in [0.3, 0.4) is 0 Å². The second-order valence-corrected chi connectivity index (χ2v) is 7.21. The maximum atomic E-state index is 12.3. The molecule has 0 aliphatic heterocycles. The predicted molar refractivity (Wildman–Crippen MR) is 72.8 cm³/mol. The second kappa shape index (κ2) is 5.24. The third-order valence-electron chi connectivity index (χ3n) is 3.32. The molecular weight excluding hydrogens is 212 g/mol. The Morgan fingerprint density at radius 1 is 1.12 bits per heavy atom. The molecule has 1 unspecified atom stereocenters. The molecule has 0 heterocycles. The molecule has 0 amide bonds. The first-order chi connectivity index (χ1) is 7.44. The van der Waals surface area contributed by atoms with Crippen LogP contribution in [0.1, 0.15) is 54.9 Å². The van der Waals surface area contributed by atoms with E-state index in [1.807, 2.05) is 6.92 Å². The average molecular weight is 240 g/mol. The van der Waals surface area contributed by atoms with Crippen LogP contribution in [-0.2, 0) is 9.53 Å².